The fourth-order valence-electron chi connectivity index (χ4n) is 3.65. The van der Waals surface area contributed by atoms with E-state index in [0.29, 0.717) is 37.5 Å². The van der Waals surface area contributed by atoms with Crippen LogP contribution in [0.3, 0.4) is 0 Å². The first-order valence-corrected chi connectivity index (χ1v) is 10.6. The number of ether oxygens (including phenoxy) is 3. The average Bonchev–Trinajstić information content (AvgIpc) is 2.95. The summed E-state index contributed by atoms with van der Waals surface area (Å²) in [7, 11) is 0.0674. The lowest BCUT2D eigenvalue weighted by atomic mass is 10.1. The van der Waals surface area contributed by atoms with Crippen LogP contribution in [-0.4, -0.2) is 70.2 Å². The monoisotopic (exact) mass is 383 g/mol. The number of hydrogen-bond donors (Lipinski definition) is 0. The minimum absolute atomic E-state index is 0.000812. The van der Waals surface area contributed by atoms with Crippen LogP contribution in [0.25, 0.3) is 0 Å². The third kappa shape index (κ3) is 4.12. The molecule has 144 valence electrons. The molecule has 0 aromatic heterocycles. The summed E-state index contributed by atoms with van der Waals surface area (Å²) in [4.78, 5) is 14.3. The van der Waals surface area contributed by atoms with Gasteiger partial charge in [0.2, 0.25) is 5.91 Å². The fourth-order valence-corrected chi connectivity index (χ4v) is 5.52. The summed E-state index contributed by atoms with van der Waals surface area (Å²) in [5.74, 6) is 1.38. The van der Waals surface area contributed by atoms with Crippen LogP contribution in [0.4, 0.5) is 0 Å². The molecule has 1 amide bonds. The molecule has 8 heteroatoms. The molecule has 0 radical (unpaired) electrons. The Morgan fingerprint density at radius 3 is 2.73 bits per heavy atom. The maximum Gasteiger partial charge on any atom is 0.223 e. The fraction of sp³-hybridized carbons (Fsp3) is 0.611. The summed E-state index contributed by atoms with van der Waals surface area (Å²) < 4.78 is 39.7. The van der Waals surface area contributed by atoms with E-state index in [0.717, 1.165) is 12.0 Å². The molecule has 0 N–H and O–H groups in total. The highest BCUT2D eigenvalue weighted by atomic mass is 32.2. The van der Waals surface area contributed by atoms with Gasteiger partial charge < -0.3 is 19.1 Å². The lowest BCUT2D eigenvalue weighted by Crippen LogP contribution is -2.53. The zero-order chi connectivity index (χ0) is 18.7. The molecule has 2 heterocycles. The number of amides is 1. The van der Waals surface area contributed by atoms with E-state index in [4.69, 9.17) is 14.2 Å². The second-order valence-corrected chi connectivity index (χ2v) is 8.84. The zero-order valence-corrected chi connectivity index (χ0v) is 16.0. The standard InChI is InChI=1S/C18H25NO6S/c1-23-15-7-6-13(10-16(15)24-2)4-3-5-18(20)19-8-9-25-17-12-26(21,22)11-14(17)19/h6-7,10,14,17H,3-5,8-9,11-12H2,1-2H3. The second-order valence-electron chi connectivity index (χ2n) is 6.68. The van der Waals surface area contributed by atoms with Gasteiger partial charge in [0, 0.05) is 13.0 Å². The number of morpholine rings is 1. The lowest BCUT2D eigenvalue weighted by Gasteiger charge is -2.36. The Balaban J connectivity index is 1.56. The molecule has 2 atom stereocenters. The normalized spacial score (nSPS) is 24.2. The Morgan fingerprint density at radius 2 is 2.00 bits per heavy atom. The molecule has 2 aliphatic heterocycles. The van der Waals surface area contributed by atoms with E-state index < -0.39 is 9.84 Å². The molecule has 3 rings (SSSR count). The first-order chi connectivity index (χ1) is 12.4. The third-order valence-electron chi connectivity index (χ3n) is 4.96. The van der Waals surface area contributed by atoms with Gasteiger partial charge in [0.15, 0.2) is 21.3 Å². The molecular formula is C18H25NO6S. The summed E-state index contributed by atoms with van der Waals surface area (Å²) in [5.41, 5.74) is 1.07. The van der Waals surface area contributed by atoms with Crippen molar-refractivity contribution in [1.82, 2.24) is 4.90 Å². The van der Waals surface area contributed by atoms with Crippen molar-refractivity contribution in [3.63, 3.8) is 0 Å². The van der Waals surface area contributed by atoms with Gasteiger partial charge in [-0.3, -0.25) is 4.79 Å². The highest BCUT2D eigenvalue weighted by Gasteiger charge is 2.45. The van der Waals surface area contributed by atoms with Gasteiger partial charge in [0.25, 0.3) is 0 Å². The highest BCUT2D eigenvalue weighted by molar-refractivity contribution is 7.91. The van der Waals surface area contributed by atoms with Crippen LogP contribution in [-0.2, 0) is 25.8 Å². The maximum absolute atomic E-state index is 12.6. The minimum Gasteiger partial charge on any atom is -0.493 e. The van der Waals surface area contributed by atoms with Crippen molar-refractivity contribution in [2.45, 2.75) is 31.4 Å². The summed E-state index contributed by atoms with van der Waals surface area (Å²) >= 11 is 0. The van der Waals surface area contributed by atoms with Gasteiger partial charge in [-0.2, -0.15) is 0 Å². The lowest BCUT2D eigenvalue weighted by molar-refractivity contribution is -0.142. The van der Waals surface area contributed by atoms with E-state index in [1.165, 1.54) is 0 Å². The number of methoxy groups -OCH3 is 2. The average molecular weight is 383 g/mol. The molecule has 0 saturated carbocycles. The Labute approximate surface area is 154 Å². The Morgan fingerprint density at radius 1 is 1.23 bits per heavy atom. The molecule has 1 aromatic carbocycles. The molecule has 0 bridgehead atoms. The van der Waals surface area contributed by atoms with E-state index in [2.05, 4.69) is 0 Å². The number of benzene rings is 1. The van der Waals surface area contributed by atoms with Crippen molar-refractivity contribution in [1.29, 1.82) is 0 Å². The number of sulfone groups is 1. The van der Waals surface area contributed by atoms with Gasteiger partial charge in [0.05, 0.1) is 44.5 Å². The molecule has 1 aromatic rings. The van der Waals surface area contributed by atoms with E-state index >= 15 is 0 Å². The first-order valence-electron chi connectivity index (χ1n) is 8.76. The molecule has 2 fully saturated rings. The van der Waals surface area contributed by atoms with E-state index in [9.17, 15) is 13.2 Å². The van der Waals surface area contributed by atoms with E-state index in [-0.39, 0.29) is 29.6 Å². The van der Waals surface area contributed by atoms with Crippen molar-refractivity contribution in [3.8, 4) is 11.5 Å². The van der Waals surface area contributed by atoms with Crippen molar-refractivity contribution < 1.29 is 27.4 Å². The van der Waals surface area contributed by atoms with Gasteiger partial charge in [-0.25, -0.2) is 8.42 Å². The summed E-state index contributed by atoms with van der Waals surface area (Å²) in [6, 6.07) is 5.39. The van der Waals surface area contributed by atoms with Crippen LogP contribution in [0.1, 0.15) is 18.4 Å². The van der Waals surface area contributed by atoms with Crippen LogP contribution in [0.15, 0.2) is 18.2 Å². The quantitative estimate of drug-likeness (QED) is 0.730. The van der Waals surface area contributed by atoms with Gasteiger partial charge >= 0.3 is 0 Å². The molecule has 0 spiro atoms. The molecule has 26 heavy (non-hydrogen) atoms. The number of carbonyl (C=O) groups excluding carboxylic acids is 1. The van der Waals surface area contributed by atoms with Crippen LogP contribution in [0.5, 0.6) is 11.5 Å². The Bertz CT molecular complexity index is 763. The molecule has 2 saturated heterocycles. The summed E-state index contributed by atoms with van der Waals surface area (Å²) in [6.45, 7) is 0.865. The number of nitrogens with zero attached hydrogens (tertiary/aromatic N) is 1. The number of fused-ring (bicyclic) bond motifs is 1. The molecule has 2 aliphatic rings. The topological polar surface area (TPSA) is 82.1 Å². The first kappa shape index (κ1) is 19.0. The van der Waals surface area contributed by atoms with Crippen LogP contribution < -0.4 is 9.47 Å². The van der Waals surface area contributed by atoms with Crippen LogP contribution in [0.2, 0.25) is 0 Å². The number of carbonyl (C=O) groups is 1. The predicted octanol–water partition coefficient (Wildman–Crippen LogP) is 1.05. The largest absolute Gasteiger partial charge is 0.493 e. The highest BCUT2D eigenvalue weighted by Crippen LogP contribution is 2.29. The van der Waals surface area contributed by atoms with Gasteiger partial charge in [-0.05, 0) is 30.5 Å². The predicted molar refractivity (Wildman–Crippen MR) is 96.4 cm³/mol. The van der Waals surface area contributed by atoms with Crippen molar-refractivity contribution in [2.75, 3.05) is 38.9 Å². The molecule has 0 aliphatic carbocycles. The van der Waals surface area contributed by atoms with Gasteiger partial charge in [-0.15, -0.1) is 0 Å². The second kappa shape index (κ2) is 7.84. The number of hydrogen-bond acceptors (Lipinski definition) is 6. The van der Waals surface area contributed by atoms with Crippen molar-refractivity contribution in [3.05, 3.63) is 23.8 Å². The van der Waals surface area contributed by atoms with Crippen molar-refractivity contribution in [2.24, 2.45) is 0 Å². The van der Waals surface area contributed by atoms with Crippen LogP contribution in [0, 0.1) is 0 Å². The van der Waals surface area contributed by atoms with Gasteiger partial charge in [0.1, 0.15) is 0 Å². The smallest absolute Gasteiger partial charge is 0.223 e. The zero-order valence-electron chi connectivity index (χ0n) is 15.1. The SMILES string of the molecule is COc1ccc(CCCC(=O)N2CCOC3CS(=O)(=O)CC32)cc1OC. The van der Waals surface area contributed by atoms with Crippen LogP contribution >= 0.6 is 0 Å². The maximum atomic E-state index is 12.6. The third-order valence-corrected chi connectivity index (χ3v) is 6.65. The minimum atomic E-state index is -3.12. The molecular weight excluding hydrogens is 358 g/mol. The Hall–Kier alpha value is -1.80. The number of rotatable bonds is 6. The molecule has 2 unspecified atom stereocenters. The van der Waals surface area contributed by atoms with E-state index in [1.54, 1.807) is 19.1 Å². The van der Waals surface area contributed by atoms with Gasteiger partial charge in [-0.1, -0.05) is 6.07 Å². The summed E-state index contributed by atoms with van der Waals surface area (Å²) in [5, 5.41) is 0. The number of aryl methyl sites for hydroxylation is 1. The van der Waals surface area contributed by atoms with Crippen molar-refractivity contribution >= 4 is 15.7 Å². The Kier molecular flexibility index (Phi) is 5.72. The summed E-state index contributed by atoms with van der Waals surface area (Å²) in [6.07, 6.45) is 1.44. The van der Waals surface area contributed by atoms with E-state index in [1.807, 2.05) is 18.2 Å². The molecule has 7 nitrogen and oxygen atoms in total.